The van der Waals surface area contributed by atoms with Gasteiger partial charge in [0.2, 0.25) is 5.91 Å². The predicted molar refractivity (Wildman–Crippen MR) is 177 cm³/mol. The minimum Gasteiger partial charge on any atom is -0.356 e. The van der Waals surface area contributed by atoms with Crippen molar-refractivity contribution in [3.05, 3.63) is 0 Å². The van der Waals surface area contributed by atoms with Crippen LogP contribution >= 0.6 is 0 Å². The van der Waals surface area contributed by atoms with Crippen LogP contribution in [0.1, 0.15) is 125 Å². The lowest BCUT2D eigenvalue weighted by atomic mass is 9.42. The molecule has 0 aromatic rings. The topological polar surface area (TPSA) is 75.6 Å². The van der Waals surface area contributed by atoms with Crippen LogP contribution in [0.25, 0.3) is 0 Å². The van der Waals surface area contributed by atoms with Gasteiger partial charge in [0, 0.05) is 25.3 Å². The maximum atomic E-state index is 13.9. The lowest BCUT2D eigenvalue weighted by Crippen LogP contribution is -2.58. The summed E-state index contributed by atoms with van der Waals surface area (Å²) < 4.78 is 25.1. The highest BCUT2D eigenvalue weighted by Crippen LogP contribution is 2.69. The smallest absolute Gasteiger partial charge is 0.301 e. The van der Waals surface area contributed by atoms with E-state index in [1.807, 2.05) is 0 Å². The molecular weight excluding hydrogens is 556 g/mol. The van der Waals surface area contributed by atoms with Gasteiger partial charge in [0.05, 0.1) is 33.8 Å². The third-order valence-corrected chi connectivity index (χ3v) is 14.0. The highest BCUT2D eigenvalue weighted by molar-refractivity contribution is 7.74. The van der Waals surface area contributed by atoms with E-state index in [1.54, 1.807) is 0 Å². The Morgan fingerprint density at radius 2 is 1.70 bits per heavy atom. The molecule has 0 aromatic heterocycles. The monoisotopic (exact) mass is 623 g/mol. The van der Waals surface area contributed by atoms with Crippen LogP contribution in [-0.2, 0) is 20.3 Å². The zero-order valence-electron chi connectivity index (χ0n) is 28.9. The summed E-state index contributed by atoms with van der Waals surface area (Å²) in [6.07, 6.45) is 17.7. The van der Waals surface area contributed by atoms with Crippen molar-refractivity contribution in [3.8, 4) is 0 Å². The first kappa shape index (κ1) is 35.4. The van der Waals surface area contributed by atoms with Crippen molar-refractivity contribution in [1.82, 2.24) is 5.32 Å². The number of carbonyl (C=O) groups excluding carboxylic acids is 1. The van der Waals surface area contributed by atoms with Crippen LogP contribution < -0.4 is 5.32 Å². The van der Waals surface area contributed by atoms with E-state index in [0.717, 1.165) is 73.0 Å². The second kappa shape index (κ2) is 14.9. The minimum absolute atomic E-state index is 0.148. The van der Waals surface area contributed by atoms with Crippen LogP contribution in [0.15, 0.2) is 0 Å². The molecule has 4 aliphatic rings. The van der Waals surface area contributed by atoms with Gasteiger partial charge < -0.3 is 9.80 Å². The largest absolute Gasteiger partial charge is 0.356 e. The molecule has 1 amide bonds. The van der Waals surface area contributed by atoms with Crippen molar-refractivity contribution >= 4 is 17.3 Å². The predicted octanol–water partition coefficient (Wildman–Crippen LogP) is 7.85. The number of amides is 1. The van der Waals surface area contributed by atoms with Crippen LogP contribution in [0.5, 0.6) is 0 Å². The number of hydrogen-bond donors (Lipinski definition) is 2. The van der Waals surface area contributed by atoms with E-state index in [1.165, 1.54) is 70.6 Å². The van der Waals surface area contributed by atoms with Gasteiger partial charge in [0.1, 0.15) is 0 Å². The Balaban J connectivity index is 1.35. The average molecular weight is 624 g/mol. The molecule has 4 rings (SSSR count). The molecule has 4 saturated carbocycles. The molecule has 0 saturated heterocycles. The molecule has 4 aliphatic carbocycles. The van der Waals surface area contributed by atoms with Crippen LogP contribution in [0.2, 0.25) is 0 Å². The first-order valence-electron chi connectivity index (χ1n) is 18.1. The number of nitrogens with zero attached hydrogens (tertiary/aromatic N) is 1. The maximum Gasteiger partial charge on any atom is 0.301 e. The summed E-state index contributed by atoms with van der Waals surface area (Å²) in [6.45, 7) is 15.4. The van der Waals surface area contributed by atoms with Gasteiger partial charge in [-0.2, -0.15) is 4.21 Å². The van der Waals surface area contributed by atoms with Crippen LogP contribution in [0, 0.1) is 58.2 Å². The lowest BCUT2D eigenvalue weighted by Gasteiger charge is -2.62. The van der Waals surface area contributed by atoms with Gasteiger partial charge in [-0.3, -0.25) is 13.5 Å². The highest BCUT2D eigenvalue weighted by atomic mass is 32.2. The fourth-order valence-electron chi connectivity index (χ4n) is 11.4. The molecule has 4 fully saturated rings. The quantitative estimate of drug-likeness (QED) is 0.111. The zero-order valence-corrected chi connectivity index (χ0v) is 29.7. The lowest BCUT2D eigenvalue weighted by molar-refractivity contribution is -0.890. The second-order valence-corrected chi connectivity index (χ2v) is 17.6. The fourth-order valence-corrected chi connectivity index (χ4v) is 11.6. The molecule has 0 heterocycles. The van der Waals surface area contributed by atoms with E-state index in [9.17, 15) is 9.00 Å². The van der Waals surface area contributed by atoms with Crippen LogP contribution in [0.3, 0.4) is 0 Å². The van der Waals surface area contributed by atoms with E-state index in [0.29, 0.717) is 29.8 Å². The third kappa shape index (κ3) is 8.08. The SMILES string of the molecule is CC(C)CCC[C@@H](C)[C@H]1CC[C@H]2[C@@H]3CCC4CCCC(C(=O)NCCC[N+](C)(C)CCCOS(=O)O)[C@]4(C)[C@H]3CC[C@]12C. The molecule has 10 atom stereocenters. The molecule has 250 valence electrons. The summed E-state index contributed by atoms with van der Waals surface area (Å²) >= 11 is -2.18. The Bertz CT molecular complexity index is 942. The Morgan fingerprint density at radius 1 is 0.953 bits per heavy atom. The summed E-state index contributed by atoms with van der Waals surface area (Å²) in [6, 6.07) is 0. The first-order chi connectivity index (χ1) is 20.3. The molecule has 0 aliphatic heterocycles. The summed E-state index contributed by atoms with van der Waals surface area (Å²) in [7, 11) is 4.37. The number of rotatable bonds is 15. The van der Waals surface area contributed by atoms with Crippen molar-refractivity contribution in [2.75, 3.05) is 40.3 Å². The molecule has 0 radical (unpaired) electrons. The average Bonchev–Trinajstić information content (AvgIpc) is 3.30. The molecule has 0 spiro atoms. The van der Waals surface area contributed by atoms with Gasteiger partial charge in [0.15, 0.2) is 0 Å². The maximum absolute atomic E-state index is 13.9. The van der Waals surface area contributed by atoms with E-state index in [4.69, 9.17) is 8.74 Å². The van der Waals surface area contributed by atoms with E-state index >= 15 is 0 Å². The van der Waals surface area contributed by atoms with E-state index < -0.39 is 11.4 Å². The minimum atomic E-state index is -2.18. The number of nitrogens with one attached hydrogen (secondary N) is 1. The normalized spacial score (nSPS) is 37.3. The third-order valence-electron chi connectivity index (χ3n) is 13.6. The summed E-state index contributed by atoms with van der Waals surface area (Å²) in [5, 5.41) is 3.42. The Labute approximate surface area is 267 Å². The van der Waals surface area contributed by atoms with Gasteiger partial charge in [-0.1, -0.05) is 60.3 Å². The van der Waals surface area contributed by atoms with Gasteiger partial charge in [-0.15, -0.1) is 0 Å². The molecule has 0 bridgehead atoms. The standard InChI is InChI=1S/C36H66N2O4S/c1-26(2)12-8-13-27(3)30-18-19-31-29-17-16-28-14-9-15-33(36(28,5)32(29)20-21-35(30,31)4)34(39)37-22-10-23-38(6,7)24-11-25-42-43(40)41/h26-33H,8-25H2,1-7H3,(H-,37,39,40,41)/p+1/t27-,28?,29+,30-,31+,32+,33?,35-,36+/m1/s1. The summed E-state index contributed by atoms with van der Waals surface area (Å²) in [5.74, 6) is 6.12. The Kier molecular flexibility index (Phi) is 12.3. The molecule has 3 unspecified atom stereocenters. The van der Waals surface area contributed by atoms with Crippen molar-refractivity contribution in [2.24, 2.45) is 58.2 Å². The van der Waals surface area contributed by atoms with Crippen molar-refractivity contribution in [2.45, 2.75) is 125 Å². The highest BCUT2D eigenvalue weighted by Gasteiger charge is 2.62. The molecule has 2 N–H and O–H groups in total. The Hall–Kier alpha value is -0.500. The Morgan fingerprint density at radius 3 is 2.42 bits per heavy atom. The van der Waals surface area contributed by atoms with Gasteiger partial charge in [-0.05, 0) is 104 Å². The summed E-state index contributed by atoms with van der Waals surface area (Å²) in [5.41, 5.74) is 0.649. The zero-order chi connectivity index (χ0) is 31.4. The van der Waals surface area contributed by atoms with Crippen LogP contribution in [-0.4, -0.2) is 59.5 Å². The molecular formula is C36H67N2O4S+. The number of hydrogen-bond acceptors (Lipinski definition) is 3. The van der Waals surface area contributed by atoms with E-state index in [-0.39, 0.29) is 11.3 Å². The molecule has 43 heavy (non-hydrogen) atoms. The van der Waals surface area contributed by atoms with Crippen molar-refractivity contribution in [1.29, 1.82) is 0 Å². The van der Waals surface area contributed by atoms with E-state index in [2.05, 4.69) is 54.0 Å². The number of fused-ring (bicyclic) bond motifs is 5. The van der Waals surface area contributed by atoms with Crippen molar-refractivity contribution < 1.29 is 22.2 Å². The fraction of sp³-hybridized carbons (Fsp3) is 0.972. The van der Waals surface area contributed by atoms with Crippen molar-refractivity contribution in [3.63, 3.8) is 0 Å². The van der Waals surface area contributed by atoms with Crippen LogP contribution in [0.4, 0.5) is 0 Å². The molecule has 0 aromatic carbocycles. The molecule has 7 heteroatoms. The van der Waals surface area contributed by atoms with Gasteiger partial charge >= 0.3 is 11.4 Å². The summed E-state index contributed by atoms with van der Waals surface area (Å²) in [4.78, 5) is 13.9. The first-order valence-corrected chi connectivity index (χ1v) is 19.2. The number of carbonyl (C=O) groups is 1. The molecule has 6 nitrogen and oxygen atoms in total. The second-order valence-electron chi connectivity index (χ2n) is 17.0. The van der Waals surface area contributed by atoms with Gasteiger partial charge in [0.25, 0.3) is 0 Å². The number of quaternary nitrogens is 1. The van der Waals surface area contributed by atoms with Gasteiger partial charge in [-0.25, -0.2) is 0 Å².